The van der Waals surface area contributed by atoms with Crippen molar-refractivity contribution in [3.8, 4) is 0 Å². The van der Waals surface area contributed by atoms with Crippen molar-refractivity contribution in [1.29, 1.82) is 0 Å². The van der Waals surface area contributed by atoms with E-state index in [4.69, 9.17) is 0 Å². The Morgan fingerprint density at radius 2 is 1.56 bits per heavy atom. The van der Waals surface area contributed by atoms with Crippen LogP contribution in [0.2, 0.25) is 0 Å². The summed E-state index contributed by atoms with van der Waals surface area (Å²) in [6.07, 6.45) is 9.72. The van der Waals surface area contributed by atoms with Crippen LogP contribution >= 0.6 is 0 Å². The van der Waals surface area contributed by atoms with E-state index in [1.54, 1.807) is 26.0 Å². The van der Waals surface area contributed by atoms with Crippen LogP contribution in [0.15, 0.2) is 54.9 Å². The highest BCUT2D eigenvalue weighted by Crippen LogP contribution is 2.23. The molecule has 0 fully saturated rings. The van der Waals surface area contributed by atoms with Gasteiger partial charge in [-0.1, -0.05) is 51.1 Å². The third-order valence-electron chi connectivity index (χ3n) is 4.90. The van der Waals surface area contributed by atoms with Crippen LogP contribution in [0.4, 0.5) is 0 Å². The van der Waals surface area contributed by atoms with Crippen LogP contribution in [-0.2, 0) is 20.8 Å². The number of benzene rings is 1. The van der Waals surface area contributed by atoms with Crippen molar-refractivity contribution in [2.75, 3.05) is 0 Å². The number of carbonyl (C=O) groups is 3. The SMILES string of the molecule is CCC(C)(C)C(=O)C(=O)N1C=CC=CN1C(=O)CCCCc1ccccc1. The molecule has 1 heterocycles. The third-order valence-corrected chi connectivity index (χ3v) is 4.90. The molecule has 0 aromatic heterocycles. The summed E-state index contributed by atoms with van der Waals surface area (Å²) in [4.78, 5) is 37.7. The normalized spacial score (nSPS) is 13.7. The first-order valence-electron chi connectivity index (χ1n) is 9.45. The van der Waals surface area contributed by atoms with E-state index < -0.39 is 17.1 Å². The largest absolute Gasteiger partial charge is 0.313 e. The number of hydrogen-bond donors (Lipinski definition) is 0. The molecule has 27 heavy (non-hydrogen) atoms. The minimum absolute atomic E-state index is 0.195. The molecule has 1 aromatic rings. The van der Waals surface area contributed by atoms with E-state index in [0.717, 1.165) is 24.3 Å². The molecule has 0 bridgehead atoms. The molecule has 1 aliphatic heterocycles. The molecule has 1 aliphatic rings. The molecule has 0 aliphatic carbocycles. The average molecular weight is 368 g/mol. The Morgan fingerprint density at radius 3 is 2.19 bits per heavy atom. The molecular weight excluding hydrogens is 340 g/mol. The summed E-state index contributed by atoms with van der Waals surface area (Å²) in [5.41, 5.74) is 0.492. The summed E-state index contributed by atoms with van der Waals surface area (Å²) in [6.45, 7) is 5.35. The summed E-state index contributed by atoms with van der Waals surface area (Å²) in [5.74, 6) is -1.37. The fourth-order valence-corrected chi connectivity index (χ4v) is 2.69. The monoisotopic (exact) mass is 368 g/mol. The first-order chi connectivity index (χ1) is 12.9. The third kappa shape index (κ3) is 5.39. The van der Waals surface area contributed by atoms with E-state index in [1.807, 2.05) is 25.1 Å². The van der Waals surface area contributed by atoms with Crippen molar-refractivity contribution in [3.63, 3.8) is 0 Å². The number of unbranched alkanes of at least 4 members (excludes halogenated alkanes) is 1. The van der Waals surface area contributed by atoms with Gasteiger partial charge < -0.3 is 0 Å². The summed E-state index contributed by atoms with van der Waals surface area (Å²) in [7, 11) is 0. The van der Waals surface area contributed by atoms with Crippen molar-refractivity contribution >= 4 is 17.6 Å². The molecule has 0 unspecified atom stereocenters. The number of aryl methyl sites for hydroxylation is 1. The first-order valence-corrected chi connectivity index (χ1v) is 9.45. The molecule has 0 saturated carbocycles. The highest BCUT2D eigenvalue weighted by Gasteiger charge is 2.36. The number of ketones is 1. The van der Waals surface area contributed by atoms with Crippen LogP contribution in [0.3, 0.4) is 0 Å². The number of rotatable bonds is 8. The molecule has 1 aromatic carbocycles. The van der Waals surface area contributed by atoms with E-state index in [0.29, 0.717) is 12.8 Å². The quantitative estimate of drug-likeness (QED) is 0.514. The zero-order chi connectivity index (χ0) is 19.9. The van der Waals surface area contributed by atoms with Gasteiger partial charge in [0, 0.05) is 24.2 Å². The minimum Gasteiger partial charge on any atom is -0.288 e. The van der Waals surface area contributed by atoms with Crippen LogP contribution in [0, 0.1) is 5.41 Å². The van der Waals surface area contributed by atoms with Gasteiger partial charge in [-0.05, 0) is 43.4 Å². The summed E-state index contributed by atoms with van der Waals surface area (Å²) >= 11 is 0. The number of Topliss-reactive ketones (excluding diaryl/α,β-unsaturated/α-hetero) is 1. The predicted molar refractivity (Wildman–Crippen MR) is 105 cm³/mol. The number of nitrogens with zero attached hydrogens (tertiary/aromatic N) is 2. The van der Waals surface area contributed by atoms with Gasteiger partial charge in [0.05, 0.1) is 0 Å². The maximum absolute atomic E-state index is 12.6. The van der Waals surface area contributed by atoms with Gasteiger partial charge in [-0.25, -0.2) is 10.0 Å². The number of allylic oxidation sites excluding steroid dienone is 2. The number of hydrogen-bond acceptors (Lipinski definition) is 3. The molecule has 0 radical (unpaired) electrons. The molecule has 0 atom stereocenters. The molecule has 0 N–H and O–H groups in total. The smallest absolute Gasteiger partial charge is 0.288 e. The second kappa shape index (κ2) is 9.31. The topological polar surface area (TPSA) is 57.7 Å². The molecule has 5 nitrogen and oxygen atoms in total. The Morgan fingerprint density at radius 1 is 0.926 bits per heavy atom. The fourth-order valence-electron chi connectivity index (χ4n) is 2.69. The predicted octanol–water partition coefficient (Wildman–Crippen LogP) is 4.02. The second-order valence-corrected chi connectivity index (χ2v) is 7.33. The lowest BCUT2D eigenvalue weighted by Gasteiger charge is -2.32. The maximum atomic E-state index is 12.6. The maximum Gasteiger partial charge on any atom is 0.313 e. The Balaban J connectivity index is 1.93. The van der Waals surface area contributed by atoms with Gasteiger partial charge in [-0.15, -0.1) is 0 Å². The highest BCUT2D eigenvalue weighted by atomic mass is 16.2. The Labute approximate surface area is 161 Å². The Kier molecular flexibility index (Phi) is 7.11. The van der Waals surface area contributed by atoms with E-state index in [-0.39, 0.29) is 5.91 Å². The van der Waals surface area contributed by atoms with Gasteiger partial charge in [0.2, 0.25) is 11.7 Å². The first kappa shape index (κ1) is 20.6. The van der Waals surface area contributed by atoms with Gasteiger partial charge in [-0.2, -0.15) is 0 Å². The minimum atomic E-state index is -0.753. The van der Waals surface area contributed by atoms with Crippen LogP contribution in [0.25, 0.3) is 0 Å². The molecular formula is C22H28N2O3. The zero-order valence-electron chi connectivity index (χ0n) is 16.4. The van der Waals surface area contributed by atoms with Crippen molar-refractivity contribution in [1.82, 2.24) is 10.0 Å². The van der Waals surface area contributed by atoms with Crippen LogP contribution in [-0.4, -0.2) is 27.6 Å². The van der Waals surface area contributed by atoms with Crippen molar-refractivity contribution in [2.45, 2.75) is 52.9 Å². The van der Waals surface area contributed by atoms with E-state index >= 15 is 0 Å². The van der Waals surface area contributed by atoms with E-state index in [2.05, 4.69) is 12.1 Å². The zero-order valence-corrected chi connectivity index (χ0v) is 16.4. The lowest BCUT2D eigenvalue weighted by molar-refractivity contribution is -0.160. The molecule has 0 saturated heterocycles. The van der Waals surface area contributed by atoms with Gasteiger partial charge >= 0.3 is 5.91 Å². The average Bonchev–Trinajstić information content (AvgIpc) is 2.70. The lowest BCUT2D eigenvalue weighted by atomic mass is 9.85. The Hall–Kier alpha value is -2.69. The fraction of sp³-hybridized carbons (Fsp3) is 0.409. The molecule has 2 amide bonds. The van der Waals surface area contributed by atoms with Crippen LogP contribution in [0.1, 0.15) is 52.0 Å². The lowest BCUT2D eigenvalue weighted by Crippen LogP contribution is -2.49. The second-order valence-electron chi connectivity index (χ2n) is 7.33. The molecule has 144 valence electrons. The van der Waals surface area contributed by atoms with E-state index in [9.17, 15) is 14.4 Å². The van der Waals surface area contributed by atoms with Crippen molar-refractivity contribution in [2.24, 2.45) is 5.41 Å². The van der Waals surface area contributed by atoms with Crippen LogP contribution < -0.4 is 0 Å². The summed E-state index contributed by atoms with van der Waals surface area (Å²) in [5, 5.41) is 2.37. The van der Waals surface area contributed by atoms with Crippen molar-refractivity contribution in [3.05, 3.63) is 60.4 Å². The number of amides is 2. The van der Waals surface area contributed by atoms with Gasteiger partial charge in [0.25, 0.3) is 0 Å². The van der Waals surface area contributed by atoms with Gasteiger partial charge in [-0.3, -0.25) is 14.4 Å². The molecule has 2 rings (SSSR count). The number of carbonyl (C=O) groups excluding carboxylic acids is 3. The summed E-state index contributed by atoms with van der Waals surface area (Å²) < 4.78 is 0. The number of hydrazine groups is 1. The van der Waals surface area contributed by atoms with Crippen molar-refractivity contribution < 1.29 is 14.4 Å². The molecule has 5 heteroatoms. The van der Waals surface area contributed by atoms with Gasteiger partial charge in [0.15, 0.2) is 0 Å². The standard InChI is InChI=1S/C22H28N2O3/c1-4-22(2,3)20(26)21(27)24-17-11-10-16-23(24)19(25)15-9-8-14-18-12-6-5-7-13-18/h5-7,10-13,16-17H,4,8-9,14-15H2,1-3H3. The molecule has 0 spiro atoms. The Bertz CT molecular complexity index is 735. The van der Waals surface area contributed by atoms with Gasteiger partial charge in [0.1, 0.15) is 0 Å². The summed E-state index contributed by atoms with van der Waals surface area (Å²) in [6, 6.07) is 10.1. The highest BCUT2D eigenvalue weighted by molar-refractivity contribution is 6.38. The van der Waals surface area contributed by atoms with Crippen LogP contribution in [0.5, 0.6) is 0 Å². The van der Waals surface area contributed by atoms with E-state index in [1.165, 1.54) is 23.0 Å².